The van der Waals surface area contributed by atoms with Crippen molar-refractivity contribution < 1.29 is 0 Å². The van der Waals surface area contributed by atoms with Gasteiger partial charge in [0.05, 0.1) is 18.2 Å². The van der Waals surface area contributed by atoms with Crippen molar-refractivity contribution in [3.63, 3.8) is 0 Å². The number of anilines is 1. The second-order valence-corrected chi connectivity index (χ2v) is 8.02. The number of hydrogen-bond donors (Lipinski definition) is 1. The Bertz CT molecular complexity index is 759. The highest BCUT2D eigenvalue weighted by Crippen LogP contribution is 2.52. The average Bonchev–Trinajstić information content (AvgIpc) is 2.51. The van der Waals surface area contributed by atoms with E-state index in [1.807, 2.05) is 0 Å². The molecule has 1 heterocycles. The number of nitriles is 1. The molecule has 0 bridgehead atoms. The van der Waals surface area contributed by atoms with Crippen LogP contribution in [0.3, 0.4) is 0 Å². The lowest BCUT2D eigenvalue weighted by Gasteiger charge is -2.45. The van der Waals surface area contributed by atoms with Crippen LogP contribution in [0.2, 0.25) is 0 Å². The van der Waals surface area contributed by atoms with E-state index in [1.54, 1.807) is 6.33 Å². The van der Waals surface area contributed by atoms with E-state index in [0.717, 1.165) is 28.7 Å². The van der Waals surface area contributed by atoms with E-state index in [2.05, 4.69) is 69.9 Å². The third-order valence-corrected chi connectivity index (χ3v) is 5.75. The molecular formula is C18H22BrN5. The Morgan fingerprint density at radius 1 is 1.46 bits per heavy atom. The second kappa shape index (κ2) is 6.21. The molecule has 5 nitrogen and oxygen atoms in total. The Balaban J connectivity index is 2.07. The molecule has 1 aromatic heterocycles. The molecule has 2 aliphatic rings. The molecule has 1 aromatic rings. The van der Waals surface area contributed by atoms with E-state index in [1.165, 1.54) is 5.70 Å². The van der Waals surface area contributed by atoms with Gasteiger partial charge in [0.2, 0.25) is 0 Å². The zero-order chi connectivity index (χ0) is 17.5. The molecule has 0 spiro atoms. The lowest BCUT2D eigenvalue weighted by atomic mass is 9.63. The molecule has 0 saturated heterocycles. The highest BCUT2D eigenvalue weighted by atomic mass is 79.9. The molecule has 0 saturated carbocycles. The number of allylic oxidation sites excluding steroid dienone is 4. The molecule has 2 unspecified atom stereocenters. The topological polar surface area (TPSA) is 78.8 Å². The summed E-state index contributed by atoms with van der Waals surface area (Å²) in [6.07, 6.45) is 7.34. The molecule has 2 N–H and O–H groups in total. The molecule has 0 amide bonds. The minimum Gasteiger partial charge on any atom is -0.383 e. The maximum absolute atomic E-state index is 8.91. The van der Waals surface area contributed by atoms with Gasteiger partial charge >= 0.3 is 0 Å². The molecule has 126 valence electrons. The van der Waals surface area contributed by atoms with E-state index in [-0.39, 0.29) is 11.3 Å². The van der Waals surface area contributed by atoms with Gasteiger partial charge in [-0.1, -0.05) is 19.9 Å². The van der Waals surface area contributed by atoms with E-state index < -0.39 is 0 Å². The SMILES string of the molecule is CN(CCC#N)C1=C(Br)C=CC2c3ncnc(N)c3C(C)(C)CC12. The smallest absolute Gasteiger partial charge is 0.130 e. The Hall–Kier alpha value is -1.87. The van der Waals surface area contributed by atoms with Crippen molar-refractivity contribution in [3.05, 3.63) is 39.9 Å². The van der Waals surface area contributed by atoms with Crippen molar-refractivity contribution in [2.24, 2.45) is 5.92 Å². The predicted molar refractivity (Wildman–Crippen MR) is 98.3 cm³/mol. The van der Waals surface area contributed by atoms with Crippen LogP contribution in [0.1, 0.15) is 43.9 Å². The molecule has 0 fully saturated rings. The molecule has 3 rings (SSSR count). The summed E-state index contributed by atoms with van der Waals surface area (Å²) in [5.41, 5.74) is 9.44. The number of nitrogens with two attached hydrogens (primary N) is 1. The maximum Gasteiger partial charge on any atom is 0.130 e. The van der Waals surface area contributed by atoms with Crippen molar-refractivity contribution in [3.8, 4) is 6.07 Å². The van der Waals surface area contributed by atoms with E-state index in [9.17, 15) is 0 Å². The Labute approximate surface area is 151 Å². The summed E-state index contributed by atoms with van der Waals surface area (Å²) in [6, 6.07) is 2.23. The standard InChI is InChI=1S/C18H22BrN5/c1-18(2)9-12-11(15-14(18)17(21)23-10-22-15)5-6-13(19)16(12)24(3)8-4-7-20/h5-6,10-12H,4,8-9H2,1-3H3,(H2,21,22,23). The zero-order valence-corrected chi connectivity index (χ0v) is 15.8. The van der Waals surface area contributed by atoms with Crippen LogP contribution in [0.5, 0.6) is 0 Å². The van der Waals surface area contributed by atoms with E-state index in [4.69, 9.17) is 11.0 Å². The summed E-state index contributed by atoms with van der Waals surface area (Å²) >= 11 is 3.71. The second-order valence-electron chi connectivity index (χ2n) is 7.16. The van der Waals surface area contributed by atoms with Crippen molar-refractivity contribution in [1.29, 1.82) is 5.26 Å². The molecule has 24 heavy (non-hydrogen) atoms. The first kappa shape index (κ1) is 17.0. The Morgan fingerprint density at radius 3 is 2.92 bits per heavy atom. The van der Waals surface area contributed by atoms with Gasteiger partial charge in [0.25, 0.3) is 0 Å². The first-order valence-electron chi connectivity index (χ1n) is 8.13. The summed E-state index contributed by atoms with van der Waals surface area (Å²) in [6.45, 7) is 5.14. The predicted octanol–water partition coefficient (Wildman–Crippen LogP) is 3.46. The van der Waals surface area contributed by atoms with Gasteiger partial charge in [0.1, 0.15) is 12.1 Å². The fraction of sp³-hybridized carbons (Fsp3) is 0.500. The van der Waals surface area contributed by atoms with Crippen molar-refractivity contribution >= 4 is 21.7 Å². The highest BCUT2D eigenvalue weighted by molar-refractivity contribution is 9.11. The minimum atomic E-state index is -0.0956. The van der Waals surface area contributed by atoms with Gasteiger partial charge < -0.3 is 10.6 Å². The Kier molecular flexibility index (Phi) is 4.39. The van der Waals surface area contributed by atoms with Crippen LogP contribution >= 0.6 is 15.9 Å². The number of nitrogens with zero attached hydrogens (tertiary/aromatic N) is 4. The largest absolute Gasteiger partial charge is 0.383 e. The highest BCUT2D eigenvalue weighted by Gasteiger charge is 2.44. The molecule has 2 aliphatic carbocycles. The summed E-state index contributed by atoms with van der Waals surface area (Å²) < 4.78 is 1.09. The summed E-state index contributed by atoms with van der Waals surface area (Å²) in [7, 11) is 2.06. The van der Waals surface area contributed by atoms with Crippen molar-refractivity contribution in [1.82, 2.24) is 14.9 Å². The maximum atomic E-state index is 8.91. The monoisotopic (exact) mass is 387 g/mol. The van der Waals surface area contributed by atoms with Gasteiger partial charge in [-0.3, -0.25) is 0 Å². The van der Waals surface area contributed by atoms with Crippen LogP contribution in [0, 0.1) is 17.2 Å². The fourth-order valence-electron chi connectivity index (χ4n) is 4.08. The first-order valence-corrected chi connectivity index (χ1v) is 8.93. The summed E-state index contributed by atoms with van der Waals surface area (Å²) in [4.78, 5) is 11.0. The van der Waals surface area contributed by atoms with Crippen LogP contribution in [0.15, 0.2) is 28.7 Å². The van der Waals surface area contributed by atoms with Crippen LogP contribution in [-0.4, -0.2) is 28.5 Å². The van der Waals surface area contributed by atoms with Crippen molar-refractivity contribution in [2.75, 3.05) is 19.3 Å². The molecule has 0 aliphatic heterocycles. The minimum absolute atomic E-state index is 0.0956. The summed E-state index contributed by atoms with van der Waals surface area (Å²) in [5.74, 6) is 1.09. The summed E-state index contributed by atoms with van der Waals surface area (Å²) in [5, 5.41) is 8.91. The van der Waals surface area contributed by atoms with Gasteiger partial charge in [0, 0.05) is 41.2 Å². The number of nitrogen functional groups attached to an aromatic ring is 1. The third-order valence-electron chi connectivity index (χ3n) is 5.08. The number of fused-ring (bicyclic) bond motifs is 3. The van der Waals surface area contributed by atoms with E-state index in [0.29, 0.717) is 18.2 Å². The molecule has 6 heteroatoms. The quantitative estimate of drug-likeness (QED) is 0.858. The third kappa shape index (κ3) is 2.71. The number of hydrogen-bond acceptors (Lipinski definition) is 5. The lowest BCUT2D eigenvalue weighted by Crippen LogP contribution is -2.39. The first-order chi connectivity index (χ1) is 11.4. The number of aromatic nitrogens is 2. The number of halogens is 1. The van der Waals surface area contributed by atoms with Gasteiger partial charge in [-0.2, -0.15) is 5.26 Å². The van der Waals surface area contributed by atoms with Gasteiger partial charge in [0.15, 0.2) is 0 Å². The van der Waals surface area contributed by atoms with E-state index >= 15 is 0 Å². The zero-order valence-electron chi connectivity index (χ0n) is 14.3. The Morgan fingerprint density at radius 2 is 2.21 bits per heavy atom. The van der Waals surface area contributed by atoms with Crippen LogP contribution in [-0.2, 0) is 5.41 Å². The molecular weight excluding hydrogens is 366 g/mol. The van der Waals surface area contributed by atoms with Crippen LogP contribution in [0.4, 0.5) is 5.82 Å². The lowest BCUT2D eigenvalue weighted by molar-refractivity contribution is 0.269. The van der Waals surface area contributed by atoms with Crippen molar-refractivity contribution in [2.45, 2.75) is 38.0 Å². The van der Waals surface area contributed by atoms with Gasteiger partial charge in [-0.25, -0.2) is 9.97 Å². The fourth-order valence-corrected chi connectivity index (χ4v) is 4.82. The number of rotatable bonds is 3. The van der Waals surface area contributed by atoms with Gasteiger partial charge in [-0.15, -0.1) is 0 Å². The molecule has 0 aromatic carbocycles. The van der Waals surface area contributed by atoms with Gasteiger partial charge in [-0.05, 0) is 33.8 Å². The van der Waals surface area contributed by atoms with Crippen LogP contribution < -0.4 is 5.73 Å². The normalized spacial score (nSPS) is 24.1. The van der Waals surface area contributed by atoms with Crippen LogP contribution in [0.25, 0.3) is 0 Å². The molecule has 0 radical (unpaired) electrons. The molecule has 2 atom stereocenters. The average molecular weight is 388 g/mol.